The Morgan fingerprint density at radius 3 is 1.95 bits per heavy atom. The van der Waals surface area contributed by atoms with Gasteiger partial charge in [0.15, 0.2) is 0 Å². The maximum absolute atomic E-state index is 9.00. The molecule has 2 aromatic rings. The molecular formula is C15H16O4. The molecule has 0 saturated carbocycles. The third-order valence-corrected chi connectivity index (χ3v) is 2.08. The highest BCUT2D eigenvalue weighted by Crippen LogP contribution is 2.20. The van der Waals surface area contributed by atoms with E-state index < -0.39 is 5.97 Å². The standard InChI is InChI=1S/C13H12O2.C2H4O2/c14-10-11-6-8-13(9-7-11)15-12-4-2-1-3-5-12;1-2(3)4/h1-9,14H,10H2;1H3,(H,3,4). The Kier molecular flexibility index (Phi) is 6.12. The molecule has 0 aliphatic carbocycles. The second kappa shape index (κ2) is 7.89. The third-order valence-electron chi connectivity index (χ3n) is 2.08. The van der Waals surface area contributed by atoms with Crippen LogP contribution in [0.15, 0.2) is 54.6 Å². The van der Waals surface area contributed by atoms with Crippen molar-refractivity contribution < 1.29 is 19.7 Å². The van der Waals surface area contributed by atoms with Crippen LogP contribution in [-0.4, -0.2) is 16.2 Å². The van der Waals surface area contributed by atoms with E-state index in [1.54, 1.807) is 0 Å². The lowest BCUT2D eigenvalue weighted by molar-refractivity contribution is -0.134. The molecular weight excluding hydrogens is 244 g/mol. The molecule has 0 amide bonds. The maximum atomic E-state index is 9.00. The minimum atomic E-state index is -0.833. The van der Waals surface area contributed by atoms with E-state index in [0.29, 0.717) is 0 Å². The van der Waals surface area contributed by atoms with Gasteiger partial charge in [0.1, 0.15) is 11.5 Å². The summed E-state index contributed by atoms with van der Waals surface area (Å²) in [6.45, 7) is 1.14. The van der Waals surface area contributed by atoms with Crippen molar-refractivity contribution in [3.63, 3.8) is 0 Å². The number of hydrogen-bond acceptors (Lipinski definition) is 3. The first-order chi connectivity index (χ1) is 9.11. The second-order valence-corrected chi connectivity index (χ2v) is 3.74. The number of hydrogen-bond donors (Lipinski definition) is 2. The van der Waals surface area contributed by atoms with E-state index in [2.05, 4.69) is 0 Å². The lowest BCUT2D eigenvalue weighted by atomic mass is 10.2. The summed E-state index contributed by atoms with van der Waals surface area (Å²) in [7, 11) is 0. The zero-order valence-corrected chi connectivity index (χ0v) is 10.6. The number of aliphatic hydroxyl groups excluding tert-OH is 1. The van der Waals surface area contributed by atoms with E-state index in [9.17, 15) is 0 Å². The summed E-state index contributed by atoms with van der Waals surface area (Å²) in [4.78, 5) is 9.00. The number of carboxylic acids is 1. The number of para-hydroxylation sites is 1. The highest BCUT2D eigenvalue weighted by Gasteiger charge is 1.96. The Bertz CT molecular complexity index is 487. The average Bonchev–Trinajstić information content (AvgIpc) is 2.40. The van der Waals surface area contributed by atoms with Crippen LogP contribution in [0.25, 0.3) is 0 Å². The Balaban J connectivity index is 0.000000399. The Labute approximate surface area is 111 Å². The summed E-state index contributed by atoms with van der Waals surface area (Å²) < 4.78 is 5.60. The normalized spacial score (nSPS) is 9.16. The van der Waals surface area contributed by atoms with Crippen molar-refractivity contribution in [2.45, 2.75) is 13.5 Å². The van der Waals surface area contributed by atoms with Gasteiger partial charge < -0.3 is 14.9 Å². The summed E-state index contributed by atoms with van der Waals surface area (Å²) in [5, 5.41) is 16.3. The fourth-order valence-electron chi connectivity index (χ4n) is 1.29. The van der Waals surface area contributed by atoms with E-state index in [1.165, 1.54) is 0 Å². The molecule has 0 radical (unpaired) electrons. The first-order valence-corrected chi connectivity index (χ1v) is 5.74. The Morgan fingerprint density at radius 1 is 1.00 bits per heavy atom. The maximum Gasteiger partial charge on any atom is 0.300 e. The van der Waals surface area contributed by atoms with Crippen LogP contribution in [0.1, 0.15) is 12.5 Å². The molecule has 0 saturated heterocycles. The van der Waals surface area contributed by atoms with Crippen molar-refractivity contribution in [3.05, 3.63) is 60.2 Å². The molecule has 4 nitrogen and oxygen atoms in total. The van der Waals surface area contributed by atoms with Gasteiger partial charge in [0, 0.05) is 6.92 Å². The summed E-state index contributed by atoms with van der Waals surface area (Å²) in [5.74, 6) is 0.757. The summed E-state index contributed by atoms with van der Waals surface area (Å²) in [6.07, 6.45) is 0. The summed E-state index contributed by atoms with van der Waals surface area (Å²) in [5.41, 5.74) is 0.885. The van der Waals surface area contributed by atoms with Gasteiger partial charge in [-0.25, -0.2) is 0 Å². The summed E-state index contributed by atoms with van der Waals surface area (Å²) in [6, 6.07) is 17.0. The molecule has 0 aromatic heterocycles. The van der Waals surface area contributed by atoms with Crippen LogP contribution in [0.5, 0.6) is 11.5 Å². The molecule has 0 unspecified atom stereocenters. The van der Waals surface area contributed by atoms with Gasteiger partial charge in [0.05, 0.1) is 6.61 Å². The van der Waals surface area contributed by atoms with Gasteiger partial charge in [-0.2, -0.15) is 0 Å². The first kappa shape index (κ1) is 14.7. The largest absolute Gasteiger partial charge is 0.481 e. The molecule has 0 atom stereocenters. The zero-order chi connectivity index (χ0) is 14.1. The van der Waals surface area contributed by atoms with Crippen molar-refractivity contribution in [3.8, 4) is 11.5 Å². The smallest absolute Gasteiger partial charge is 0.300 e. The first-order valence-electron chi connectivity index (χ1n) is 5.74. The number of carbonyl (C=O) groups is 1. The number of rotatable bonds is 3. The van der Waals surface area contributed by atoms with Crippen molar-refractivity contribution >= 4 is 5.97 Å². The van der Waals surface area contributed by atoms with Crippen molar-refractivity contribution in [2.75, 3.05) is 0 Å². The van der Waals surface area contributed by atoms with E-state index in [1.807, 2.05) is 54.6 Å². The predicted molar refractivity (Wildman–Crippen MR) is 72.2 cm³/mol. The minimum Gasteiger partial charge on any atom is -0.481 e. The van der Waals surface area contributed by atoms with Gasteiger partial charge >= 0.3 is 0 Å². The molecule has 2 aromatic carbocycles. The molecule has 0 heterocycles. The number of benzene rings is 2. The van der Waals surface area contributed by atoms with Gasteiger partial charge in [0.25, 0.3) is 5.97 Å². The summed E-state index contributed by atoms with van der Waals surface area (Å²) >= 11 is 0. The lowest BCUT2D eigenvalue weighted by Gasteiger charge is -2.05. The topological polar surface area (TPSA) is 66.8 Å². The van der Waals surface area contributed by atoms with Gasteiger partial charge in [-0.05, 0) is 29.8 Å². The van der Waals surface area contributed by atoms with Crippen LogP contribution in [0.2, 0.25) is 0 Å². The third kappa shape index (κ3) is 6.24. The molecule has 0 aliphatic heterocycles. The Morgan fingerprint density at radius 2 is 1.47 bits per heavy atom. The molecule has 100 valence electrons. The number of ether oxygens (including phenoxy) is 1. The highest BCUT2D eigenvalue weighted by molar-refractivity contribution is 5.62. The van der Waals surface area contributed by atoms with E-state index >= 15 is 0 Å². The molecule has 0 aliphatic rings. The average molecular weight is 260 g/mol. The van der Waals surface area contributed by atoms with Crippen molar-refractivity contribution in [1.29, 1.82) is 0 Å². The number of aliphatic carboxylic acids is 1. The molecule has 0 spiro atoms. The minimum absolute atomic E-state index is 0.0611. The molecule has 2 rings (SSSR count). The number of carboxylic acid groups (broad SMARTS) is 1. The van der Waals surface area contributed by atoms with Gasteiger partial charge in [-0.3, -0.25) is 4.79 Å². The van der Waals surface area contributed by atoms with Gasteiger partial charge in [-0.15, -0.1) is 0 Å². The van der Waals surface area contributed by atoms with E-state index in [4.69, 9.17) is 19.7 Å². The van der Waals surface area contributed by atoms with Crippen LogP contribution in [0.3, 0.4) is 0 Å². The van der Waals surface area contributed by atoms with Gasteiger partial charge in [0.2, 0.25) is 0 Å². The fraction of sp³-hybridized carbons (Fsp3) is 0.133. The van der Waals surface area contributed by atoms with E-state index in [0.717, 1.165) is 24.0 Å². The van der Waals surface area contributed by atoms with Crippen molar-refractivity contribution in [2.24, 2.45) is 0 Å². The van der Waals surface area contributed by atoms with Crippen molar-refractivity contribution in [1.82, 2.24) is 0 Å². The SMILES string of the molecule is CC(=O)O.OCc1ccc(Oc2ccccc2)cc1. The molecule has 4 heteroatoms. The quantitative estimate of drug-likeness (QED) is 0.890. The van der Waals surface area contributed by atoms with Crippen LogP contribution in [0.4, 0.5) is 0 Å². The second-order valence-electron chi connectivity index (χ2n) is 3.74. The lowest BCUT2D eigenvalue weighted by Crippen LogP contribution is -1.85. The molecule has 19 heavy (non-hydrogen) atoms. The molecule has 2 N–H and O–H groups in total. The number of aliphatic hydroxyl groups is 1. The van der Waals surface area contributed by atoms with Crippen LogP contribution in [-0.2, 0) is 11.4 Å². The zero-order valence-electron chi connectivity index (χ0n) is 10.6. The van der Waals surface area contributed by atoms with Crippen LogP contribution in [0, 0.1) is 0 Å². The monoisotopic (exact) mass is 260 g/mol. The van der Waals surface area contributed by atoms with E-state index in [-0.39, 0.29) is 6.61 Å². The predicted octanol–water partition coefficient (Wildman–Crippen LogP) is 3.06. The molecule has 0 bridgehead atoms. The molecule has 0 fully saturated rings. The fourth-order valence-corrected chi connectivity index (χ4v) is 1.29. The highest BCUT2D eigenvalue weighted by atomic mass is 16.5. The van der Waals surface area contributed by atoms with Gasteiger partial charge in [-0.1, -0.05) is 30.3 Å². The Hall–Kier alpha value is -2.33. The van der Waals surface area contributed by atoms with Crippen LogP contribution < -0.4 is 4.74 Å². The van der Waals surface area contributed by atoms with Crippen LogP contribution >= 0.6 is 0 Å².